The lowest BCUT2D eigenvalue weighted by Gasteiger charge is -2.18. The van der Waals surface area contributed by atoms with E-state index in [1.165, 1.54) is 11.6 Å². The average molecular weight is 295 g/mol. The van der Waals surface area contributed by atoms with Gasteiger partial charge in [-0.1, -0.05) is 18.2 Å². The highest BCUT2D eigenvalue weighted by Gasteiger charge is 2.15. The Hall–Kier alpha value is -2.75. The van der Waals surface area contributed by atoms with Crippen LogP contribution in [-0.2, 0) is 17.9 Å². The quantitative estimate of drug-likeness (QED) is 0.667. The van der Waals surface area contributed by atoms with Crippen LogP contribution in [0.2, 0.25) is 0 Å². The van der Waals surface area contributed by atoms with Crippen molar-refractivity contribution in [1.82, 2.24) is 4.90 Å². The number of amides is 1. The number of rotatable bonds is 5. The van der Waals surface area contributed by atoms with Crippen LogP contribution in [0.1, 0.15) is 17.1 Å². The molecule has 0 saturated carbocycles. The van der Waals surface area contributed by atoms with Crippen molar-refractivity contribution in [3.63, 3.8) is 0 Å². The van der Waals surface area contributed by atoms with E-state index in [1.54, 1.807) is 17.2 Å². The topological polar surface area (TPSA) is 46.6 Å². The molecule has 1 amide bonds. The number of hydrogen-bond acceptors (Lipinski definition) is 3. The van der Waals surface area contributed by atoms with Crippen molar-refractivity contribution in [2.45, 2.75) is 20.0 Å². The largest absolute Gasteiger partial charge is 0.467 e. The fourth-order valence-corrected chi connectivity index (χ4v) is 2.42. The zero-order chi connectivity index (χ0) is 15.5. The highest BCUT2D eigenvalue weighted by Crippen LogP contribution is 2.22. The van der Waals surface area contributed by atoms with Crippen LogP contribution >= 0.6 is 0 Å². The summed E-state index contributed by atoms with van der Waals surface area (Å²) in [6, 6.07) is 11.6. The summed E-state index contributed by atoms with van der Waals surface area (Å²) >= 11 is 0. The molecule has 0 bridgehead atoms. The van der Waals surface area contributed by atoms with Crippen LogP contribution in [0.3, 0.4) is 0 Å². The summed E-state index contributed by atoms with van der Waals surface area (Å²) in [7, 11) is 0. The van der Waals surface area contributed by atoms with Gasteiger partial charge in [0, 0.05) is 5.39 Å². The molecule has 0 aliphatic carbocycles. The molecule has 3 rings (SSSR count). The van der Waals surface area contributed by atoms with Gasteiger partial charge in [-0.3, -0.25) is 4.79 Å². The van der Waals surface area contributed by atoms with Crippen molar-refractivity contribution in [2.24, 2.45) is 0 Å². The minimum Gasteiger partial charge on any atom is -0.467 e. The van der Waals surface area contributed by atoms with E-state index < -0.39 is 0 Å². The molecule has 2 aromatic heterocycles. The predicted octanol–water partition coefficient (Wildman–Crippen LogP) is 4.05. The fraction of sp³-hybridized carbons (Fsp3) is 0.167. The number of aryl methyl sites for hydroxylation is 1. The SMILES string of the molecule is C=CC(=O)N(Cc1ccco1)Cc1cc2cc(C)ccc2o1. The van der Waals surface area contributed by atoms with Gasteiger partial charge < -0.3 is 13.7 Å². The first-order valence-corrected chi connectivity index (χ1v) is 7.08. The summed E-state index contributed by atoms with van der Waals surface area (Å²) in [5.74, 6) is 1.30. The van der Waals surface area contributed by atoms with E-state index in [4.69, 9.17) is 8.83 Å². The van der Waals surface area contributed by atoms with Gasteiger partial charge in [0.25, 0.3) is 0 Å². The number of carbonyl (C=O) groups excluding carboxylic acids is 1. The minimum absolute atomic E-state index is 0.159. The molecule has 4 nitrogen and oxygen atoms in total. The second-order valence-corrected chi connectivity index (χ2v) is 5.23. The van der Waals surface area contributed by atoms with Crippen LogP contribution in [-0.4, -0.2) is 10.8 Å². The van der Waals surface area contributed by atoms with E-state index in [9.17, 15) is 4.79 Å². The zero-order valence-electron chi connectivity index (χ0n) is 12.4. The molecule has 1 aromatic carbocycles. The molecule has 0 atom stereocenters. The van der Waals surface area contributed by atoms with Crippen LogP contribution in [0.4, 0.5) is 0 Å². The molecule has 0 fully saturated rings. The van der Waals surface area contributed by atoms with Gasteiger partial charge in [-0.05, 0) is 43.3 Å². The summed E-state index contributed by atoms with van der Waals surface area (Å²) in [5.41, 5.74) is 2.00. The van der Waals surface area contributed by atoms with Crippen molar-refractivity contribution in [2.75, 3.05) is 0 Å². The maximum Gasteiger partial charge on any atom is 0.246 e. The Morgan fingerprint density at radius 3 is 2.77 bits per heavy atom. The van der Waals surface area contributed by atoms with Gasteiger partial charge in [0.15, 0.2) is 0 Å². The Labute approximate surface area is 128 Å². The number of fused-ring (bicyclic) bond motifs is 1. The van der Waals surface area contributed by atoms with Crippen molar-refractivity contribution in [3.8, 4) is 0 Å². The molecule has 0 unspecified atom stereocenters. The Morgan fingerprint density at radius 2 is 2.05 bits per heavy atom. The van der Waals surface area contributed by atoms with Crippen molar-refractivity contribution < 1.29 is 13.6 Å². The minimum atomic E-state index is -0.159. The van der Waals surface area contributed by atoms with Crippen molar-refractivity contribution >= 4 is 16.9 Å². The number of benzene rings is 1. The first-order valence-electron chi connectivity index (χ1n) is 7.08. The zero-order valence-corrected chi connectivity index (χ0v) is 12.4. The summed E-state index contributed by atoms with van der Waals surface area (Å²) < 4.78 is 11.1. The molecule has 0 saturated heterocycles. The third kappa shape index (κ3) is 2.96. The molecule has 0 radical (unpaired) electrons. The first kappa shape index (κ1) is 14.2. The number of hydrogen-bond donors (Lipinski definition) is 0. The Balaban J connectivity index is 1.84. The van der Waals surface area contributed by atoms with Gasteiger partial charge in [0.2, 0.25) is 5.91 Å². The summed E-state index contributed by atoms with van der Waals surface area (Å²) in [6.07, 6.45) is 2.89. The van der Waals surface area contributed by atoms with Crippen LogP contribution in [0.25, 0.3) is 11.0 Å². The third-order valence-electron chi connectivity index (χ3n) is 3.48. The Bertz CT molecular complexity index is 799. The van der Waals surface area contributed by atoms with Gasteiger partial charge in [0.05, 0.1) is 19.4 Å². The second-order valence-electron chi connectivity index (χ2n) is 5.23. The van der Waals surface area contributed by atoms with Gasteiger partial charge in [0.1, 0.15) is 17.1 Å². The smallest absolute Gasteiger partial charge is 0.246 e. The molecule has 0 aliphatic heterocycles. The van der Waals surface area contributed by atoms with Gasteiger partial charge in [-0.15, -0.1) is 0 Å². The first-order chi connectivity index (χ1) is 10.7. The molecule has 0 N–H and O–H groups in total. The summed E-state index contributed by atoms with van der Waals surface area (Å²) in [5, 5.41) is 1.04. The van der Waals surface area contributed by atoms with Gasteiger partial charge in [-0.25, -0.2) is 0 Å². The summed E-state index contributed by atoms with van der Waals surface area (Å²) in [4.78, 5) is 13.7. The molecular weight excluding hydrogens is 278 g/mol. The van der Waals surface area contributed by atoms with E-state index in [0.717, 1.165) is 22.5 Å². The summed E-state index contributed by atoms with van der Waals surface area (Å²) in [6.45, 7) is 6.35. The molecule has 0 aliphatic rings. The van der Waals surface area contributed by atoms with Crippen LogP contribution < -0.4 is 0 Å². The molecule has 22 heavy (non-hydrogen) atoms. The normalized spacial score (nSPS) is 10.8. The van der Waals surface area contributed by atoms with E-state index in [-0.39, 0.29) is 5.91 Å². The number of carbonyl (C=O) groups is 1. The molecule has 112 valence electrons. The highest BCUT2D eigenvalue weighted by molar-refractivity contribution is 5.87. The maximum atomic E-state index is 12.0. The average Bonchev–Trinajstić information content (AvgIpc) is 3.14. The van der Waals surface area contributed by atoms with E-state index in [2.05, 4.69) is 12.6 Å². The van der Waals surface area contributed by atoms with Crippen molar-refractivity contribution in [1.29, 1.82) is 0 Å². The fourth-order valence-electron chi connectivity index (χ4n) is 2.42. The number of nitrogens with zero attached hydrogens (tertiary/aromatic N) is 1. The Morgan fingerprint density at radius 1 is 1.23 bits per heavy atom. The standard InChI is InChI=1S/C18H17NO3/c1-3-18(20)19(11-15-5-4-8-21-15)12-16-10-14-9-13(2)6-7-17(14)22-16/h3-10H,1,11-12H2,2H3. The second kappa shape index (κ2) is 5.93. The van der Waals surface area contributed by atoms with Crippen LogP contribution in [0.5, 0.6) is 0 Å². The monoisotopic (exact) mass is 295 g/mol. The molecular formula is C18H17NO3. The van der Waals surface area contributed by atoms with Gasteiger partial charge in [-0.2, -0.15) is 0 Å². The van der Waals surface area contributed by atoms with Crippen molar-refractivity contribution in [3.05, 3.63) is 72.4 Å². The third-order valence-corrected chi connectivity index (χ3v) is 3.48. The lowest BCUT2D eigenvalue weighted by molar-refractivity contribution is -0.127. The lowest BCUT2D eigenvalue weighted by atomic mass is 10.2. The highest BCUT2D eigenvalue weighted by atomic mass is 16.3. The maximum absolute atomic E-state index is 12.0. The van der Waals surface area contributed by atoms with Gasteiger partial charge >= 0.3 is 0 Å². The van der Waals surface area contributed by atoms with Crippen LogP contribution in [0, 0.1) is 6.92 Å². The molecule has 4 heteroatoms. The Kier molecular flexibility index (Phi) is 3.83. The van der Waals surface area contributed by atoms with E-state index in [1.807, 2.05) is 31.2 Å². The van der Waals surface area contributed by atoms with E-state index in [0.29, 0.717) is 13.1 Å². The molecule has 3 aromatic rings. The van der Waals surface area contributed by atoms with Crippen LogP contribution in [0.15, 0.2) is 64.2 Å². The number of furan rings is 2. The predicted molar refractivity (Wildman–Crippen MR) is 84.1 cm³/mol. The van der Waals surface area contributed by atoms with E-state index >= 15 is 0 Å². The molecule has 2 heterocycles. The lowest BCUT2D eigenvalue weighted by Crippen LogP contribution is -2.27. The molecule has 0 spiro atoms.